The number of nitrogens with one attached hydrogen (secondary N) is 1. The Morgan fingerprint density at radius 3 is 2.55 bits per heavy atom. The predicted octanol–water partition coefficient (Wildman–Crippen LogP) is 5.02. The average Bonchev–Trinajstić information content (AvgIpc) is 2.79. The Labute approximate surface area is 120 Å². The summed E-state index contributed by atoms with van der Waals surface area (Å²) in [7, 11) is 0. The molecule has 0 aliphatic rings. The van der Waals surface area contributed by atoms with Crippen LogP contribution in [0, 0.1) is 6.92 Å². The van der Waals surface area contributed by atoms with Gasteiger partial charge in [0.1, 0.15) is 17.3 Å². The van der Waals surface area contributed by atoms with Gasteiger partial charge in [0.2, 0.25) is 0 Å². The minimum Gasteiger partial charge on any atom is -0.464 e. The molecule has 1 heterocycles. The minimum absolute atomic E-state index is 0.0475. The normalized spacial score (nSPS) is 12.5. The molecule has 1 aromatic heterocycles. The van der Waals surface area contributed by atoms with Gasteiger partial charge in [0, 0.05) is 5.69 Å². The fourth-order valence-electron chi connectivity index (χ4n) is 1.79. The van der Waals surface area contributed by atoms with Crippen molar-refractivity contribution in [1.82, 2.24) is 0 Å². The van der Waals surface area contributed by atoms with Crippen LogP contribution in [0.5, 0.6) is 5.75 Å². The number of benzene rings is 1. The third kappa shape index (κ3) is 3.63. The van der Waals surface area contributed by atoms with Crippen LogP contribution in [0.2, 0.25) is 5.02 Å². The zero-order valence-corrected chi connectivity index (χ0v) is 11.7. The van der Waals surface area contributed by atoms with Gasteiger partial charge >= 0.3 is 6.61 Å². The molecule has 1 unspecified atom stereocenters. The van der Waals surface area contributed by atoms with E-state index in [0.717, 1.165) is 11.5 Å². The van der Waals surface area contributed by atoms with E-state index in [-0.39, 0.29) is 16.8 Å². The highest BCUT2D eigenvalue weighted by atomic mass is 35.5. The second-order valence-corrected chi connectivity index (χ2v) is 4.75. The SMILES string of the molecule is Cc1ccc(C(C)Nc2ccc(OC(F)F)c(Cl)c2)o1. The van der Waals surface area contributed by atoms with Crippen molar-refractivity contribution in [2.24, 2.45) is 0 Å². The average molecular weight is 302 g/mol. The van der Waals surface area contributed by atoms with E-state index in [4.69, 9.17) is 16.0 Å². The minimum atomic E-state index is -2.89. The van der Waals surface area contributed by atoms with Crippen LogP contribution in [0.25, 0.3) is 0 Å². The van der Waals surface area contributed by atoms with E-state index in [1.165, 1.54) is 12.1 Å². The summed E-state index contributed by atoms with van der Waals surface area (Å²) in [6, 6.07) is 8.24. The second-order valence-electron chi connectivity index (χ2n) is 4.34. The lowest BCUT2D eigenvalue weighted by molar-refractivity contribution is -0.0497. The molecule has 0 radical (unpaired) electrons. The Kier molecular flexibility index (Phi) is 4.49. The molecule has 0 fully saturated rings. The zero-order valence-electron chi connectivity index (χ0n) is 11.0. The number of anilines is 1. The summed E-state index contributed by atoms with van der Waals surface area (Å²) >= 11 is 5.89. The summed E-state index contributed by atoms with van der Waals surface area (Å²) in [4.78, 5) is 0. The first kappa shape index (κ1) is 14.7. The van der Waals surface area contributed by atoms with E-state index < -0.39 is 6.61 Å². The molecule has 20 heavy (non-hydrogen) atoms. The monoisotopic (exact) mass is 301 g/mol. The molecular weight excluding hydrogens is 288 g/mol. The maximum Gasteiger partial charge on any atom is 0.387 e. The third-order valence-corrected chi connectivity index (χ3v) is 3.01. The van der Waals surface area contributed by atoms with Crippen molar-refractivity contribution in [3.05, 3.63) is 46.9 Å². The molecule has 0 aliphatic heterocycles. The van der Waals surface area contributed by atoms with Crippen molar-refractivity contribution >= 4 is 17.3 Å². The van der Waals surface area contributed by atoms with Gasteiger partial charge in [0.25, 0.3) is 0 Å². The summed E-state index contributed by atoms with van der Waals surface area (Å²) < 4.78 is 34.0. The summed E-state index contributed by atoms with van der Waals surface area (Å²) in [5.41, 5.74) is 0.693. The lowest BCUT2D eigenvalue weighted by atomic mass is 10.2. The Balaban J connectivity index is 2.08. The molecule has 2 aromatic rings. The van der Waals surface area contributed by atoms with Crippen LogP contribution in [0.4, 0.5) is 14.5 Å². The number of aryl methyl sites for hydroxylation is 1. The van der Waals surface area contributed by atoms with Crippen LogP contribution in [0.15, 0.2) is 34.7 Å². The number of hydrogen-bond acceptors (Lipinski definition) is 3. The highest BCUT2D eigenvalue weighted by Gasteiger charge is 2.12. The van der Waals surface area contributed by atoms with Gasteiger partial charge < -0.3 is 14.5 Å². The van der Waals surface area contributed by atoms with Crippen molar-refractivity contribution < 1.29 is 17.9 Å². The molecule has 2 rings (SSSR count). The Hall–Kier alpha value is -1.75. The van der Waals surface area contributed by atoms with Crippen LogP contribution in [-0.4, -0.2) is 6.61 Å². The number of furan rings is 1. The van der Waals surface area contributed by atoms with Gasteiger partial charge in [-0.15, -0.1) is 0 Å². The largest absolute Gasteiger partial charge is 0.464 e. The molecule has 0 bridgehead atoms. The first-order chi connectivity index (χ1) is 9.45. The molecule has 0 saturated carbocycles. The third-order valence-electron chi connectivity index (χ3n) is 2.72. The molecule has 6 heteroatoms. The smallest absolute Gasteiger partial charge is 0.387 e. The van der Waals surface area contributed by atoms with Crippen molar-refractivity contribution in [1.29, 1.82) is 0 Å². The predicted molar refractivity (Wildman–Crippen MR) is 73.6 cm³/mol. The van der Waals surface area contributed by atoms with Crippen LogP contribution >= 0.6 is 11.6 Å². The number of rotatable bonds is 5. The van der Waals surface area contributed by atoms with E-state index >= 15 is 0 Å². The number of halogens is 3. The fraction of sp³-hybridized carbons (Fsp3) is 0.286. The Bertz CT molecular complexity index is 586. The maximum atomic E-state index is 12.1. The van der Waals surface area contributed by atoms with Crippen molar-refractivity contribution in [3.8, 4) is 5.75 Å². The second kappa shape index (κ2) is 6.13. The lowest BCUT2D eigenvalue weighted by Gasteiger charge is -2.14. The zero-order chi connectivity index (χ0) is 14.7. The topological polar surface area (TPSA) is 34.4 Å². The van der Waals surface area contributed by atoms with Crippen molar-refractivity contribution in [2.45, 2.75) is 26.5 Å². The summed E-state index contributed by atoms with van der Waals surface area (Å²) in [5, 5.41) is 3.29. The fourth-order valence-corrected chi connectivity index (χ4v) is 2.01. The standard InChI is InChI=1S/C14H14ClF2NO2/c1-8-3-5-12(19-8)9(2)18-10-4-6-13(11(15)7-10)20-14(16)17/h3-7,9,14,18H,1-2H3. The van der Waals surface area contributed by atoms with Crippen LogP contribution < -0.4 is 10.1 Å². The summed E-state index contributed by atoms with van der Waals surface area (Å²) in [6.07, 6.45) is 0. The van der Waals surface area contributed by atoms with Gasteiger partial charge in [-0.05, 0) is 44.2 Å². The lowest BCUT2D eigenvalue weighted by Crippen LogP contribution is -2.06. The molecule has 0 amide bonds. The van der Waals surface area contributed by atoms with Gasteiger partial charge in [-0.3, -0.25) is 0 Å². The quantitative estimate of drug-likeness (QED) is 0.842. The summed E-state index contributed by atoms with van der Waals surface area (Å²) in [5.74, 6) is 1.56. The number of ether oxygens (including phenoxy) is 1. The van der Waals surface area contributed by atoms with E-state index in [9.17, 15) is 8.78 Å². The highest BCUT2D eigenvalue weighted by Crippen LogP contribution is 2.30. The molecule has 108 valence electrons. The molecule has 0 saturated heterocycles. The summed E-state index contributed by atoms with van der Waals surface area (Å²) in [6.45, 7) is 0.899. The van der Waals surface area contributed by atoms with Crippen LogP contribution in [0.1, 0.15) is 24.5 Å². The molecule has 3 nitrogen and oxygen atoms in total. The van der Waals surface area contributed by atoms with Gasteiger partial charge in [0.15, 0.2) is 0 Å². The molecule has 0 spiro atoms. The van der Waals surface area contributed by atoms with E-state index in [0.29, 0.717) is 5.69 Å². The Morgan fingerprint density at radius 1 is 1.25 bits per heavy atom. The first-order valence-electron chi connectivity index (χ1n) is 6.03. The van der Waals surface area contributed by atoms with Gasteiger partial charge in [-0.25, -0.2) is 0 Å². The van der Waals surface area contributed by atoms with E-state index in [2.05, 4.69) is 10.1 Å². The molecule has 1 aromatic carbocycles. The highest BCUT2D eigenvalue weighted by molar-refractivity contribution is 6.32. The van der Waals surface area contributed by atoms with Crippen molar-refractivity contribution in [2.75, 3.05) is 5.32 Å². The molecule has 1 atom stereocenters. The van der Waals surface area contributed by atoms with E-state index in [1.807, 2.05) is 26.0 Å². The number of hydrogen-bond donors (Lipinski definition) is 1. The van der Waals surface area contributed by atoms with Gasteiger partial charge in [-0.1, -0.05) is 11.6 Å². The molecule has 1 N–H and O–H groups in total. The van der Waals surface area contributed by atoms with Crippen LogP contribution in [-0.2, 0) is 0 Å². The Morgan fingerprint density at radius 2 is 2.00 bits per heavy atom. The number of alkyl halides is 2. The maximum absolute atomic E-state index is 12.1. The molecular formula is C14H14ClF2NO2. The van der Waals surface area contributed by atoms with Crippen LogP contribution in [0.3, 0.4) is 0 Å². The van der Waals surface area contributed by atoms with Crippen molar-refractivity contribution in [3.63, 3.8) is 0 Å². The van der Waals surface area contributed by atoms with Gasteiger partial charge in [0.05, 0.1) is 11.1 Å². The first-order valence-corrected chi connectivity index (χ1v) is 6.40. The molecule has 0 aliphatic carbocycles. The van der Waals surface area contributed by atoms with E-state index in [1.54, 1.807) is 6.07 Å². The van der Waals surface area contributed by atoms with Gasteiger partial charge in [-0.2, -0.15) is 8.78 Å².